The summed E-state index contributed by atoms with van der Waals surface area (Å²) in [4.78, 5) is 36.0. The predicted molar refractivity (Wildman–Crippen MR) is 99.9 cm³/mol. The van der Waals surface area contributed by atoms with E-state index in [-0.39, 0.29) is 29.4 Å². The minimum atomic E-state index is -3.05. The first-order valence-corrected chi connectivity index (χ1v) is 12.0. The summed E-state index contributed by atoms with van der Waals surface area (Å²) in [5.74, 6) is 0.596. The highest BCUT2D eigenvalue weighted by Gasteiger charge is 2.51. The van der Waals surface area contributed by atoms with Crippen LogP contribution in [0, 0.1) is 23.7 Å². The van der Waals surface area contributed by atoms with Crippen molar-refractivity contribution in [2.45, 2.75) is 56.9 Å². The smallest absolute Gasteiger partial charge is 0.321 e. The maximum absolute atomic E-state index is 12.3. The molecular formula is C19H28N2O6S. The SMILES string of the molecule is O=C(COC(=O)C[C@@H]1CCS(=O)(=O)C1)NC(=O)NC12CC3CC(CC(C3)C1)C2. The normalized spacial score (nSPS) is 37.4. The molecule has 8 nitrogen and oxygen atoms in total. The number of urea groups is 1. The van der Waals surface area contributed by atoms with Crippen LogP contribution in [0.1, 0.15) is 51.4 Å². The maximum Gasteiger partial charge on any atom is 0.321 e. The molecule has 0 radical (unpaired) electrons. The van der Waals surface area contributed by atoms with E-state index in [1.807, 2.05) is 0 Å². The molecule has 2 N–H and O–H groups in total. The number of rotatable bonds is 5. The Hall–Kier alpha value is -1.64. The van der Waals surface area contributed by atoms with Gasteiger partial charge in [0.1, 0.15) is 0 Å². The topological polar surface area (TPSA) is 119 Å². The molecule has 0 unspecified atom stereocenters. The average Bonchev–Trinajstić information content (AvgIpc) is 2.89. The van der Waals surface area contributed by atoms with Gasteiger partial charge in [0.25, 0.3) is 5.91 Å². The third kappa shape index (κ3) is 4.50. The molecule has 3 amide bonds. The zero-order valence-electron chi connectivity index (χ0n) is 15.9. The molecule has 4 bridgehead atoms. The molecule has 0 aromatic heterocycles. The van der Waals surface area contributed by atoms with Crippen molar-refractivity contribution in [3.63, 3.8) is 0 Å². The lowest BCUT2D eigenvalue weighted by Gasteiger charge is -2.56. The van der Waals surface area contributed by atoms with Crippen LogP contribution in [0.2, 0.25) is 0 Å². The number of ether oxygens (including phenoxy) is 1. The van der Waals surface area contributed by atoms with E-state index in [4.69, 9.17) is 4.74 Å². The highest BCUT2D eigenvalue weighted by Crippen LogP contribution is 2.55. The van der Waals surface area contributed by atoms with Crippen LogP contribution < -0.4 is 10.6 Å². The lowest BCUT2D eigenvalue weighted by Crippen LogP contribution is -2.62. The number of esters is 1. The first kappa shape index (κ1) is 19.7. The highest BCUT2D eigenvalue weighted by atomic mass is 32.2. The number of hydrogen-bond acceptors (Lipinski definition) is 6. The van der Waals surface area contributed by atoms with Gasteiger partial charge in [-0.25, -0.2) is 13.2 Å². The molecule has 28 heavy (non-hydrogen) atoms. The summed E-state index contributed by atoms with van der Waals surface area (Å²) >= 11 is 0. The molecule has 0 aromatic rings. The van der Waals surface area contributed by atoms with Crippen molar-refractivity contribution >= 4 is 27.7 Å². The van der Waals surface area contributed by atoms with Crippen LogP contribution in [-0.2, 0) is 24.2 Å². The monoisotopic (exact) mass is 412 g/mol. The lowest BCUT2D eigenvalue weighted by molar-refractivity contribution is -0.149. The predicted octanol–water partition coefficient (Wildman–Crippen LogP) is 1.15. The Balaban J connectivity index is 1.19. The molecule has 4 saturated carbocycles. The van der Waals surface area contributed by atoms with Gasteiger partial charge in [-0.1, -0.05) is 0 Å². The van der Waals surface area contributed by atoms with Crippen molar-refractivity contribution in [1.29, 1.82) is 0 Å². The molecule has 5 rings (SSSR count). The molecule has 5 fully saturated rings. The van der Waals surface area contributed by atoms with Gasteiger partial charge in [-0.2, -0.15) is 0 Å². The van der Waals surface area contributed by atoms with E-state index in [1.165, 1.54) is 19.3 Å². The highest BCUT2D eigenvalue weighted by molar-refractivity contribution is 7.91. The summed E-state index contributed by atoms with van der Waals surface area (Å²) in [6, 6.07) is -0.523. The molecule has 1 aliphatic heterocycles. The van der Waals surface area contributed by atoms with E-state index in [0.29, 0.717) is 24.2 Å². The fourth-order valence-electron chi connectivity index (χ4n) is 6.17. The number of nitrogens with one attached hydrogen (secondary N) is 2. The van der Waals surface area contributed by atoms with Crippen molar-refractivity contribution < 1.29 is 27.5 Å². The molecule has 1 saturated heterocycles. The first-order valence-electron chi connectivity index (χ1n) is 10.2. The van der Waals surface area contributed by atoms with Crippen molar-refractivity contribution in [3.05, 3.63) is 0 Å². The summed E-state index contributed by atoms with van der Waals surface area (Å²) in [7, 11) is -3.05. The van der Waals surface area contributed by atoms with E-state index < -0.39 is 34.4 Å². The minimum Gasteiger partial charge on any atom is -0.456 e. The molecule has 5 aliphatic rings. The number of sulfone groups is 1. The minimum absolute atomic E-state index is 0.0121. The third-order valence-corrected chi connectivity index (χ3v) is 8.65. The number of hydrogen-bond donors (Lipinski definition) is 2. The van der Waals surface area contributed by atoms with Gasteiger partial charge in [-0.05, 0) is 68.6 Å². The standard InChI is InChI=1S/C19H28N2O6S/c22-16(10-27-17(23)6-12-1-2-28(25,26)11-12)20-18(24)21-19-7-13-3-14(8-19)5-15(4-13)9-19/h12-15H,1-11H2,(H2,20,21,22,24)/t12-,13?,14?,15?,19?/m0/s1. The molecule has 156 valence electrons. The quantitative estimate of drug-likeness (QED) is 0.654. The molecule has 1 atom stereocenters. The Morgan fingerprint density at radius 2 is 1.61 bits per heavy atom. The van der Waals surface area contributed by atoms with Crippen LogP contribution in [0.4, 0.5) is 4.79 Å². The zero-order chi connectivity index (χ0) is 19.9. The van der Waals surface area contributed by atoms with Gasteiger partial charge < -0.3 is 10.1 Å². The largest absolute Gasteiger partial charge is 0.456 e. The van der Waals surface area contributed by atoms with E-state index >= 15 is 0 Å². The fraction of sp³-hybridized carbons (Fsp3) is 0.842. The molecule has 9 heteroatoms. The van der Waals surface area contributed by atoms with E-state index in [2.05, 4.69) is 10.6 Å². The summed E-state index contributed by atoms with van der Waals surface area (Å²) in [5.41, 5.74) is -0.191. The Kier molecular flexibility index (Phi) is 5.14. The summed E-state index contributed by atoms with van der Waals surface area (Å²) in [6.07, 6.45) is 7.17. The Morgan fingerprint density at radius 1 is 1.00 bits per heavy atom. The van der Waals surface area contributed by atoms with E-state index in [1.54, 1.807) is 0 Å². The van der Waals surface area contributed by atoms with Crippen LogP contribution >= 0.6 is 0 Å². The van der Waals surface area contributed by atoms with Crippen molar-refractivity contribution in [2.24, 2.45) is 23.7 Å². The molecule has 0 spiro atoms. The van der Waals surface area contributed by atoms with Gasteiger partial charge in [0, 0.05) is 12.0 Å². The second-order valence-corrected chi connectivity index (χ2v) is 11.6. The van der Waals surface area contributed by atoms with Crippen LogP contribution in [0.25, 0.3) is 0 Å². The second kappa shape index (κ2) is 7.31. The number of amides is 3. The van der Waals surface area contributed by atoms with Gasteiger partial charge in [0.2, 0.25) is 0 Å². The number of carbonyl (C=O) groups excluding carboxylic acids is 3. The number of carbonyl (C=O) groups is 3. The Bertz CT molecular complexity index is 742. The maximum atomic E-state index is 12.3. The fourth-order valence-corrected chi connectivity index (χ4v) is 8.03. The average molecular weight is 413 g/mol. The Labute approximate surface area is 165 Å². The zero-order valence-corrected chi connectivity index (χ0v) is 16.8. The van der Waals surface area contributed by atoms with Crippen LogP contribution in [0.15, 0.2) is 0 Å². The van der Waals surface area contributed by atoms with Gasteiger partial charge in [0.15, 0.2) is 16.4 Å². The number of imide groups is 1. The van der Waals surface area contributed by atoms with Crippen molar-refractivity contribution in [3.8, 4) is 0 Å². The molecule has 1 heterocycles. The molecule has 0 aromatic carbocycles. The lowest BCUT2D eigenvalue weighted by atomic mass is 9.53. The third-order valence-electron chi connectivity index (χ3n) is 6.82. The van der Waals surface area contributed by atoms with Crippen LogP contribution in [0.5, 0.6) is 0 Å². The summed E-state index contributed by atoms with van der Waals surface area (Å²) in [6.45, 7) is -0.535. The van der Waals surface area contributed by atoms with Crippen molar-refractivity contribution in [2.75, 3.05) is 18.1 Å². The van der Waals surface area contributed by atoms with E-state index in [0.717, 1.165) is 19.3 Å². The van der Waals surface area contributed by atoms with E-state index in [9.17, 15) is 22.8 Å². The summed E-state index contributed by atoms with van der Waals surface area (Å²) < 4.78 is 27.7. The van der Waals surface area contributed by atoms with Crippen LogP contribution in [0.3, 0.4) is 0 Å². The molecular weight excluding hydrogens is 384 g/mol. The second-order valence-electron chi connectivity index (χ2n) is 9.33. The Morgan fingerprint density at radius 3 is 2.14 bits per heavy atom. The van der Waals surface area contributed by atoms with Gasteiger partial charge in [-0.3, -0.25) is 14.9 Å². The first-order chi connectivity index (χ1) is 13.2. The molecule has 4 aliphatic carbocycles. The van der Waals surface area contributed by atoms with Gasteiger partial charge >= 0.3 is 12.0 Å². The van der Waals surface area contributed by atoms with Crippen LogP contribution in [-0.4, -0.2) is 50.0 Å². The van der Waals surface area contributed by atoms with Crippen molar-refractivity contribution in [1.82, 2.24) is 10.6 Å². The van der Waals surface area contributed by atoms with Gasteiger partial charge in [-0.15, -0.1) is 0 Å². The van der Waals surface area contributed by atoms with Gasteiger partial charge in [0.05, 0.1) is 11.5 Å². The summed E-state index contributed by atoms with van der Waals surface area (Å²) in [5, 5.41) is 5.29.